The molecule has 24 heavy (non-hydrogen) atoms. The highest BCUT2D eigenvalue weighted by molar-refractivity contribution is 5.16. The molecule has 3 rings (SSSR count). The SMILES string of the molecule is COCCn1nnc(C2CN(CCc3cccc(F)c3)CCO2)n1. The lowest BCUT2D eigenvalue weighted by Gasteiger charge is -2.31. The van der Waals surface area contributed by atoms with E-state index >= 15 is 0 Å². The Morgan fingerprint density at radius 2 is 2.29 bits per heavy atom. The molecule has 0 aliphatic carbocycles. The van der Waals surface area contributed by atoms with Gasteiger partial charge >= 0.3 is 0 Å². The third-order valence-corrected chi connectivity index (χ3v) is 4.01. The monoisotopic (exact) mass is 335 g/mol. The molecule has 0 amide bonds. The number of benzene rings is 1. The van der Waals surface area contributed by atoms with Gasteiger partial charge in [-0.25, -0.2) is 4.39 Å². The van der Waals surface area contributed by atoms with E-state index in [9.17, 15) is 4.39 Å². The molecule has 0 N–H and O–H groups in total. The smallest absolute Gasteiger partial charge is 0.204 e. The Morgan fingerprint density at radius 3 is 3.12 bits per heavy atom. The summed E-state index contributed by atoms with van der Waals surface area (Å²) in [7, 11) is 1.64. The average Bonchev–Trinajstić information content (AvgIpc) is 3.07. The number of hydrogen-bond acceptors (Lipinski definition) is 6. The number of tetrazole rings is 1. The van der Waals surface area contributed by atoms with Crippen LogP contribution in [0.15, 0.2) is 24.3 Å². The quantitative estimate of drug-likeness (QED) is 0.754. The maximum Gasteiger partial charge on any atom is 0.204 e. The molecule has 1 aliphatic rings. The van der Waals surface area contributed by atoms with Crippen molar-refractivity contribution < 1.29 is 13.9 Å². The van der Waals surface area contributed by atoms with Crippen LogP contribution in [-0.4, -0.2) is 65.1 Å². The molecule has 7 nitrogen and oxygen atoms in total. The molecule has 1 unspecified atom stereocenters. The summed E-state index contributed by atoms with van der Waals surface area (Å²) in [5.74, 6) is 0.408. The minimum absolute atomic E-state index is 0.178. The van der Waals surface area contributed by atoms with Gasteiger partial charge in [-0.3, -0.25) is 4.90 Å². The molecular weight excluding hydrogens is 313 g/mol. The third kappa shape index (κ3) is 4.56. The van der Waals surface area contributed by atoms with Crippen LogP contribution in [0.1, 0.15) is 17.5 Å². The van der Waals surface area contributed by atoms with Crippen molar-refractivity contribution >= 4 is 0 Å². The molecule has 0 saturated carbocycles. The lowest BCUT2D eigenvalue weighted by molar-refractivity contribution is -0.0341. The van der Waals surface area contributed by atoms with Gasteiger partial charge in [-0.05, 0) is 29.3 Å². The van der Waals surface area contributed by atoms with Gasteiger partial charge in [0.1, 0.15) is 11.9 Å². The van der Waals surface area contributed by atoms with Gasteiger partial charge in [0.15, 0.2) is 0 Å². The maximum atomic E-state index is 13.2. The zero-order chi connectivity index (χ0) is 16.8. The first kappa shape index (κ1) is 16.9. The highest BCUT2D eigenvalue weighted by Crippen LogP contribution is 2.18. The van der Waals surface area contributed by atoms with Crippen molar-refractivity contribution in [3.05, 3.63) is 41.5 Å². The first-order valence-electron chi connectivity index (χ1n) is 8.09. The first-order chi connectivity index (χ1) is 11.7. The normalized spacial score (nSPS) is 18.8. The summed E-state index contributed by atoms with van der Waals surface area (Å²) in [5.41, 5.74) is 1.00. The van der Waals surface area contributed by atoms with Crippen molar-refractivity contribution in [2.75, 3.05) is 40.0 Å². The first-order valence-corrected chi connectivity index (χ1v) is 8.09. The molecule has 0 bridgehead atoms. The molecule has 1 aliphatic heterocycles. The van der Waals surface area contributed by atoms with E-state index in [0.29, 0.717) is 32.1 Å². The van der Waals surface area contributed by atoms with Gasteiger partial charge in [-0.2, -0.15) is 4.80 Å². The second-order valence-corrected chi connectivity index (χ2v) is 5.78. The molecule has 8 heteroatoms. The zero-order valence-corrected chi connectivity index (χ0v) is 13.8. The van der Waals surface area contributed by atoms with Gasteiger partial charge in [0, 0.05) is 26.7 Å². The molecule has 1 aromatic heterocycles. The van der Waals surface area contributed by atoms with Crippen molar-refractivity contribution in [3.8, 4) is 0 Å². The maximum absolute atomic E-state index is 13.2. The topological polar surface area (TPSA) is 65.3 Å². The van der Waals surface area contributed by atoms with Gasteiger partial charge in [-0.15, -0.1) is 10.2 Å². The van der Waals surface area contributed by atoms with E-state index in [-0.39, 0.29) is 11.9 Å². The predicted molar refractivity (Wildman–Crippen MR) is 84.9 cm³/mol. The van der Waals surface area contributed by atoms with E-state index in [1.54, 1.807) is 19.2 Å². The third-order valence-electron chi connectivity index (χ3n) is 4.01. The Labute approximate surface area is 140 Å². The Kier molecular flexibility index (Phi) is 5.84. The molecule has 2 heterocycles. The summed E-state index contributed by atoms with van der Waals surface area (Å²) >= 11 is 0. The van der Waals surface area contributed by atoms with E-state index in [1.165, 1.54) is 10.9 Å². The van der Waals surface area contributed by atoms with Crippen molar-refractivity contribution in [1.82, 2.24) is 25.1 Å². The van der Waals surface area contributed by atoms with Crippen LogP contribution < -0.4 is 0 Å². The summed E-state index contributed by atoms with van der Waals surface area (Å²) in [5, 5.41) is 12.4. The summed E-state index contributed by atoms with van der Waals surface area (Å²) in [6.45, 7) is 4.15. The Bertz CT molecular complexity index is 651. The van der Waals surface area contributed by atoms with Crippen molar-refractivity contribution in [1.29, 1.82) is 0 Å². The van der Waals surface area contributed by atoms with Crippen LogP contribution in [0, 0.1) is 5.82 Å². The number of methoxy groups -OCH3 is 1. The molecule has 2 aromatic rings. The number of halogens is 1. The second kappa shape index (κ2) is 8.27. The summed E-state index contributed by atoms with van der Waals surface area (Å²) in [6, 6.07) is 6.74. The Hall–Kier alpha value is -1.90. The van der Waals surface area contributed by atoms with Crippen LogP contribution >= 0.6 is 0 Å². The van der Waals surface area contributed by atoms with Crippen LogP contribution in [0.5, 0.6) is 0 Å². The molecular formula is C16H22FN5O2. The Balaban J connectivity index is 1.53. The fraction of sp³-hybridized carbons (Fsp3) is 0.562. The van der Waals surface area contributed by atoms with Crippen molar-refractivity contribution in [3.63, 3.8) is 0 Å². The van der Waals surface area contributed by atoms with Crippen LogP contribution in [0.3, 0.4) is 0 Å². The van der Waals surface area contributed by atoms with Crippen LogP contribution in [0.25, 0.3) is 0 Å². The molecule has 0 spiro atoms. The van der Waals surface area contributed by atoms with Gasteiger partial charge in [-0.1, -0.05) is 12.1 Å². The number of morpholine rings is 1. The molecule has 1 fully saturated rings. The minimum Gasteiger partial charge on any atom is -0.383 e. The second-order valence-electron chi connectivity index (χ2n) is 5.78. The van der Waals surface area contributed by atoms with Gasteiger partial charge in [0.05, 0.1) is 19.8 Å². The van der Waals surface area contributed by atoms with E-state index in [4.69, 9.17) is 9.47 Å². The number of hydrogen-bond donors (Lipinski definition) is 0. The van der Waals surface area contributed by atoms with Crippen LogP contribution in [0.2, 0.25) is 0 Å². The van der Waals surface area contributed by atoms with E-state index in [0.717, 1.165) is 25.1 Å². The number of aromatic nitrogens is 4. The van der Waals surface area contributed by atoms with E-state index < -0.39 is 0 Å². The summed E-state index contributed by atoms with van der Waals surface area (Å²) in [4.78, 5) is 3.81. The standard InChI is InChI=1S/C16H22FN5O2/c1-23-9-8-22-19-16(18-20-22)15-12-21(7-10-24-15)6-5-13-3-2-4-14(17)11-13/h2-4,11,15H,5-10,12H2,1H3. The van der Waals surface area contributed by atoms with E-state index in [2.05, 4.69) is 20.3 Å². The molecule has 130 valence electrons. The van der Waals surface area contributed by atoms with Gasteiger partial charge in [0.25, 0.3) is 0 Å². The minimum atomic E-state index is -0.191. The van der Waals surface area contributed by atoms with Crippen molar-refractivity contribution in [2.24, 2.45) is 0 Å². The average molecular weight is 335 g/mol. The highest BCUT2D eigenvalue weighted by Gasteiger charge is 2.25. The molecule has 0 radical (unpaired) electrons. The summed E-state index contributed by atoms with van der Waals surface area (Å²) < 4.78 is 24.0. The fourth-order valence-corrected chi connectivity index (χ4v) is 2.69. The predicted octanol–water partition coefficient (Wildman–Crippen LogP) is 1.07. The highest BCUT2D eigenvalue weighted by atomic mass is 19.1. The van der Waals surface area contributed by atoms with Crippen LogP contribution in [-0.2, 0) is 22.4 Å². The van der Waals surface area contributed by atoms with Gasteiger partial charge < -0.3 is 9.47 Å². The van der Waals surface area contributed by atoms with Crippen LogP contribution in [0.4, 0.5) is 4.39 Å². The van der Waals surface area contributed by atoms with Crippen molar-refractivity contribution in [2.45, 2.75) is 19.1 Å². The largest absolute Gasteiger partial charge is 0.383 e. The fourth-order valence-electron chi connectivity index (χ4n) is 2.69. The zero-order valence-electron chi connectivity index (χ0n) is 13.8. The Morgan fingerprint density at radius 1 is 1.38 bits per heavy atom. The molecule has 1 aromatic carbocycles. The summed E-state index contributed by atoms with van der Waals surface area (Å²) in [6.07, 6.45) is 0.626. The van der Waals surface area contributed by atoms with Gasteiger partial charge in [0.2, 0.25) is 5.82 Å². The van der Waals surface area contributed by atoms with E-state index in [1.807, 2.05) is 6.07 Å². The molecule has 1 atom stereocenters. The lowest BCUT2D eigenvalue weighted by Crippen LogP contribution is -2.39. The number of rotatable bonds is 7. The lowest BCUT2D eigenvalue weighted by atomic mass is 10.1. The number of ether oxygens (including phenoxy) is 2. The molecule has 1 saturated heterocycles. The number of nitrogens with zero attached hydrogens (tertiary/aromatic N) is 5.